The molecule has 2 aliphatic rings. The largest absolute Gasteiger partial charge is 0.480 e. The summed E-state index contributed by atoms with van der Waals surface area (Å²) >= 11 is 0. The number of carbonyl (C=O) groups is 2. The van der Waals surface area contributed by atoms with E-state index in [0.717, 1.165) is 6.42 Å². The third-order valence-electron chi connectivity index (χ3n) is 3.62. The van der Waals surface area contributed by atoms with Crippen LogP contribution in [0.25, 0.3) is 0 Å². The lowest BCUT2D eigenvalue weighted by atomic mass is 10.2. The molecule has 0 saturated carbocycles. The Bertz CT molecular complexity index is 341. The highest BCUT2D eigenvalue weighted by molar-refractivity contribution is 5.83. The summed E-state index contributed by atoms with van der Waals surface area (Å²) in [4.78, 5) is 26.7. The molecule has 2 amide bonds. The predicted molar refractivity (Wildman–Crippen MR) is 65.9 cm³/mol. The Labute approximate surface area is 112 Å². The Morgan fingerprint density at radius 2 is 2.11 bits per heavy atom. The van der Waals surface area contributed by atoms with E-state index in [0.29, 0.717) is 39.3 Å². The van der Waals surface area contributed by atoms with Crippen molar-refractivity contribution in [3.05, 3.63) is 0 Å². The fourth-order valence-electron chi connectivity index (χ4n) is 2.53. The van der Waals surface area contributed by atoms with Gasteiger partial charge in [-0.3, -0.25) is 0 Å². The van der Waals surface area contributed by atoms with Crippen molar-refractivity contribution in [2.75, 3.05) is 40.0 Å². The van der Waals surface area contributed by atoms with Gasteiger partial charge in [-0.15, -0.1) is 0 Å². The number of urea groups is 1. The molecular weight excluding hydrogens is 252 g/mol. The summed E-state index contributed by atoms with van der Waals surface area (Å²) in [5.74, 6) is -0.973. The second-order valence-electron chi connectivity index (χ2n) is 4.84. The summed E-state index contributed by atoms with van der Waals surface area (Å²) in [5.41, 5.74) is 0. The average Bonchev–Trinajstić information content (AvgIpc) is 2.65. The number of amides is 2. The van der Waals surface area contributed by atoms with Crippen LogP contribution in [0.1, 0.15) is 12.8 Å². The molecule has 0 aromatic rings. The van der Waals surface area contributed by atoms with Crippen LogP contribution >= 0.6 is 0 Å². The van der Waals surface area contributed by atoms with Crippen LogP contribution in [0.5, 0.6) is 0 Å². The van der Waals surface area contributed by atoms with Gasteiger partial charge in [0.1, 0.15) is 6.04 Å². The molecule has 0 aromatic carbocycles. The minimum atomic E-state index is -0.973. The van der Waals surface area contributed by atoms with Crippen LogP contribution in [-0.4, -0.2) is 79.0 Å². The molecule has 7 heteroatoms. The Balaban J connectivity index is 2.05. The maximum absolute atomic E-state index is 12.4. The van der Waals surface area contributed by atoms with Crippen LogP contribution in [-0.2, 0) is 14.3 Å². The zero-order chi connectivity index (χ0) is 13.8. The molecule has 2 heterocycles. The second-order valence-corrected chi connectivity index (χ2v) is 4.84. The topological polar surface area (TPSA) is 79.3 Å². The fourth-order valence-corrected chi connectivity index (χ4v) is 2.53. The lowest BCUT2D eigenvalue weighted by Gasteiger charge is -2.29. The first-order valence-corrected chi connectivity index (χ1v) is 6.52. The number of methoxy groups -OCH3 is 1. The van der Waals surface area contributed by atoms with E-state index in [1.165, 1.54) is 12.0 Å². The Morgan fingerprint density at radius 1 is 1.32 bits per heavy atom. The predicted octanol–water partition coefficient (Wildman–Crippen LogP) is 0.00260. The number of likely N-dealkylation sites (tertiary alicyclic amines) is 1. The molecule has 7 nitrogen and oxygen atoms in total. The third kappa shape index (κ3) is 3.16. The van der Waals surface area contributed by atoms with Gasteiger partial charge in [0.15, 0.2) is 0 Å². The summed E-state index contributed by atoms with van der Waals surface area (Å²) in [6, 6.07) is -1.01. The molecule has 2 fully saturated rings. The summed E-state index contributed by atoms with van der Waals surface area (Å²) in [7, 11) is 1.54. The van der Waals surface area contributed by atoms with Crippen molar-refractivity contribution in [1.29, 1.82) is 0 Å². The lowest BCUT2D eigenvalue weighted by molar-refractivity contribution is -0.141. The molecule has 19 heavy (non-hydrogen) atoms. The normalized spacial score (nSPS) is 28.3. The monoisotopic (exact) mass is 272 g/mol. The number of carboxylic acids is 1. The molecule has 108 valence electrons. The first-order chi connectivity index (χ1) is 9.13. The number of carboxylic acid groups (broad SMARTS) is 1. The number of rotatable bonds is 2. The van der Waals surface area contributed by atoms with Crippen LogP contribution in [0, 0.1) is 0 Å². The van der Waals surface area contributed by atoms with Crippen LogP contribution < -0.4 is 0 Å². The van der Waals surface area contributed by atoms with Crippen molar-refractivity contribution in [2.45, 2.75) is 25.0 Å². The Kier molecular flexibility index (Phi) is 4.60. The van der Waals surface area contributed by atoms with Gasteiger partial charge < -0.3 is 24.4 Å². The molecule has 2 rings (SSSR count). The zero-order valence-corrected chi connectivity index (χ0v) is 11.1. The van der Waals surface area contributed by atoms with Gasteiger partial charge in [-0.05, 0) is 6.42 Å². The van der Waals surface area contributed by atoms with Gasteiger partial charge in [-0.25, -0.2) is 9.59 Å². The van der Waals surface area contributed by atoms with E-state index in [1.54, 1.807) is 4.90 Å². The van der Waals surface area contributed by atoms with Gasteiger partial charge in [0.25, 0.3) is 0 Å². The molecule has 0 spiro atoms. The van der Waals surface area contributed by atoms with Crippen molar-refractivity contribution < 1.29 is 24.2 Å². The zero-order valence-electron chi connectivity index (χ0n) is 11.1. The van der Waals surface area contributed by atoms with Gasteiger partial charge >= 0.3 is 12.0 Å². The van der Waals surface area contributed by atoms with Crippen molar-refractivity contribution in [1.82, 2.24) is 9.80 Å². The SMILES string of the molecule is COC1CC(C(=O)O)N(C(=O)N2CCCOCC2)C1. The van der Waals surface area contributed by atoms with E-state index in [-0.39, 0.29) is 12.1 Å². The summed E-state index contributed by atoms with van der Waals surface area (Å²) in [6.07, 6.45) is 0.931. The highest BCUT2D eigenvalue weighted by Crippen LogP contribution is 2.22. The van der Waals surface area contributed by atoms with Crippen molar-refractivity contribution in [3.8, 4) is 0 Å². The molecule has 1 N–H and O–H groups in total. The van der Waals surface area contributed by atoms with Crippen molar-refractivity contribution in [3.63, 3.8) is 0 Å². The van der Waals surface area contributed by atoms with E-state index in [4.69, 9.17) is 9.47 Å². The van der Waals surface area contributed by atoms with Crippen LogP contribution in [0.3, 0.4) is 0 Å². The molecule has 0 radical (unpaired) electrons. The van der Waals surface area contributed by atoms with E-state index in [1.807, 2.05) is 0 Å². The minimum Gasteiger partial charge on any atom is -0.480 e. The summed E-state index contributed by atoms with van der Waals surface area (Å²) in [5, 5.41) is 9.21. The van der Waals surface area contributed by atoms with Crippen LogP contribution in [0.2, 0.25) is 0 Å². The molecule has 2 atom stereocenters. The van der Waals surface area contributed by atoms with Gasteiger partial charge in [-0.1, -0.05) is 0 Å². The van der Waals surface area contributed by atoms with Gasteiger partial charge in [0.2, 0.25) is 0 Å². The number of hydrogen-bond acceptors (Lipinski definition) is 4. The maximum atomic E-state index is 12.4. The first-order valence-electron chi connectivity index (χ1n) is 6.52. The van der Waals surface area contributed by atoms with Crippen LogP contribution in [0.4, 0.5) is 4.79 Å². The molecule has 0 aromatic heterocycles. The van der Waals surface area contributed by atoms with Crippen molar-refractivity contribution in [2.24, 2.45) is 0 Å². The fraction of sp³-hybridized carbons (Fsp3) is 0.833. The van der Waals surface area contributed by atoms with Gasteiger partial charge in [-0.2, -0.15) is 0 Å². The van der Waals surface area contributed by atoms with Crippen LogP contribution in [0.15, 0.2) is 0 Å². The highest BCUT2D eigenvalue weighted by atomic mass is 16.5. The average molecular weight is 272 g/mol. The van der Waals surface area contributed by atoms with E-state index in [2.05, 4.69) is 0 Å². The molecule has 2 unspecified atom stereocenters. The molecule has 2 aliphatic heterocycles. The van der Waals surface area contributed by atoms with E-state index in [9.17, 15) is 14.7 Å². The number of ether oxygens (including phenoxy) is 2. The number of aliphatic carboxylic acids is 1. The quantitative estimate of drug-likeness (QED) is 0.765. The summed E-state index contributed by atoms with van der Waals surface area (Å²) in [6.45, 7) is 2.61. The van der Waals surface area contributed by atoms with Crippen molar-refractivity contribution >= 4 is 12.0 Å². The third-order valence-corrected chi connectivity index (χ3v) is 3.62. The number of carbonyl (C=O) groups excluding carboxylic acids is 1. The van der Waals surface area contributed by atoms with Gasteiger partial charge in [0, 0.05) is 39.8 Å². The number of nitrogens with zero attached hydrogens (tertiary/aromatic N) is 2. The first kappa shape index (κ1) is 14.1. The molecular formula is C12H20N2O5. The minimum absolute atomic E-state index is 0.201. The number of hydrogen-bond donors (Lipinski definition) is 1. The van der Waals surface area contributed by atoms with Gasteiger partial charge in [0.05, 0.1) is 12.7 Å². The smallest absolute Gasteiger partial charge is 0.326 e. The lowest BCUT2D eigenvalue weighted by Crippen LogP contribution is -2.48. The van der Waals surface area contributed by atoms with E-state index >= 15 is 0 Å². The Morgan fingerprint density at radius 3 is 2.79 bits per heavy atom. The standard InChI is InChI=1S/C12H20N2O5/c1-18-9-7-10(11(15)16)14(8-9)12(17)13-3-2-5-19-6-4-13/h9-10H,2-8H2,1H3,(H,15,16). The second kappa shape index (κ2) is 6.21. The summed E-state index contributed by atoms with van der Waals surface area (Å²) < 4.78 is 10.5. The Hall–Kier alpha value is -1.34. The molecule has 0 aliphatic carbocycles. The van der Waals surface area contributed by atoms with E-state index < -0.39 is 12.0 Å². The molecule has 0 bridgehead atoms. The maximum Gasteiger partial charge on any atom is 0.326 e. The molecule has 2 saturated heterocycles. The highest BCUT2D eigenvalue weighted by Gasteiger charge is 2.41.